The van der Waals surface area contributed by atoms with Crippen molar-refractivity contribution in [3.05, 3.63) is 59.4 Å². The molecule has 1 aromatic heterocycles. The molecule has 168 valence electrons. The highest BCUT2D eigenvalue weighted by Gasteiger charge is 2.46. The van der Waals surface area contributed by atoms with Gasteiger partial charge in [-0.15, -0.1) is 0 Å². The normalized spacial score (nSPS) is 19.2. The van der Waals surface area contributed by atoms with E-state index in [1.807, 2.05) is 6.07 Å². The Kier molecular flexibility index (Phi) is 6.41. The standard InChI is InChI=1S/C24H27N3O5/c1-3-26(4-2)12-7-13-27-21(17-8-5-6-11-25-17)20(23(29)24(27)30)22(28)16-9-10-18-19(14-16)32-15-31-18/h5-6,8-11,14,21,28H,3-4,7,12-13,15H2,1-2H3/p+1/b22-20-/t21-/m0/s1. The van der Waals surface area contributed by atoms with Gasteiger partial charge >= 0.3 is 0 Å². The predicted octanol–water partition coefficient (Wildman–Crippen LogP) is 1.55. The van der Waals surface area contributed by atoms with Gasteiger partial charge < -0.3 is 24.4 Å². The second-order valence-electron chi connectivity index (χ2n) is 7.88. The van der Waals surface area contributed by atoms with E-state index in [2.05, 4.69) is 18.8 Å². The lowest BCUT2D eigenvalue weighted by Gasteiger charge is -2.25. The number of aliphatic hydroxyl groups is 1. The van der Waals surface area contributed by atoms with Crippen molar-refractivity contribution in [3.8, 4) is 11.5 Å². The number of nitrogens with one attached hydrogen (secondary N) is 1. The maximum atomic E-state index is 13.1. The van der Waals surface area contributed by atoms with E-state index in [1.165, 1.54) is 9.80 Å². The fourth-order valence-corrected chi connectivity index (χ4v) is 4.26. The molecule has 1 atom stereocenters. The van der Waals surface area contributed by atoms with E-state index in [1.54, 1.807) is 36.5 Å². The molecule has 0 saturated carbocycles. The highest BCUT2D eigenvalue weighted by molar-refractivity contribution is 6.46. The number of fused-ring (bicyclic) bond motifs is 1. The van der Waals surface area contributed by atoms with Crippen molar-refractivity contribution in [1.29, 1.82) is 0 Å². The third-order valence-corrected chi connectivity index (χ3v) is 6.08. The lowest BCUT2D eigenvalue weighted by molar-refractivity contribution is -0.896. The van der Waals surface area contributed by atoms with Crippen LogP contribution in [0.25, 0.3) is 5.76 Å². The summed E-state index contributed by atoms with van der Waals surface area (Å²) in [6, 6.07) is 9.55. The second kappa shape index (κ2) is 9.40. The number of carbonyl (C=O) groups excluding carboxylic acids is 2. The monoisotopic (exact) mass is 438 g/mol. The fraction of sp³-hybridized carbons (Fsp3) is 0.375. The zero-order chi connectivity index (χ0) is 22.7. The number of ether oxygens (including phenoxy) is 2. The average molecular weight is 439 g/mol. The van der Waals surface area contributed by atoms with Gasteiger partial charge in [-0.2, -0.15) is 0 Å². The Balaban J connectivity index is 1.71. The van der Waals surface area contributed by atoms with Gasteiger partial charge in [0.25, 0.3) is 11.7 Å². The zero-order valence-corrected chi connectivity index (χ0v) is 18.3. The quantitative estimate of drug-likeness (QED) is 0.369. The Hall–Kier alpha value is -3.39. The maximum absolute atomic E-state index is 13.1. The minimum atomic E-state index is -0.742. The Morgan fingerprint density at radius 2 is 1.94 bits per heavy atom. The average Bonchev–Trinajstić information content (AvgIpc) is 3.39. The van der Waals surface area contributed by atoms with E-state index in [4.69, 9.17) is 9.47 Å². The molecule has 0 spiro atoms. The Morgan fingerprint density at radius 3 is 2.66 bits per heavy atom. The highest BCUT2D eigenvalue weighted by Crippen LogP contribution is 2.40. The van der Waals surface area contributed by atoms with Crippen molar-refractivity contribution in [1.82, 2.24) is 9.88 Å². The number of carbonyl (C=O) groups is 2. The summed E-state index contributed by atoms with van der Waals surface area (Å²) in [6.07, 6.45) is 2.37. The molecule has 2 aromatic rings. The van der Waals surface area contributed by atoms with E-state index in [0.29, 0.717) is 29.3 Å². The van der Waals surface area contributed by atoms with Crippen LogP contribution >= 0.6 is 0 Å². The number of aromatic nitrogens is 1. The van der Waals surface area contributed by atoms with Gasteiger partial charge in [-0.1, -0.05) is 6.07 Å². The molecule has 2 N–H and O–H groups in total. The second-order valence-corrected chi connectivity index (χ2v) is 7.88. The molecule has 4 rings (SSSR count). The van der Waals surface area contributed by atoms with Crippen molar-refractivity contribution in [3.63, 3.8) is 0 Å². The molecule has 3 heterocycles. The molecule has 1 saturated heterocycles. The number of likely N-dealkylation sites (tertiary alicyclic amines) is 1. The zero-order valence-electron chi connectivity index (χ0n) is 18.3. The van der Waals surface area contributed by atoms with Gasteiger partial charge in [-0.3, -0.25) is 14.6 Å². The molecule has 8 heteroatoms. The minimum Gasteiger partial charge on any atom is -0.507 e. The molecule has 32 heavy (non-hydrogen) atoms. The topological polar surface area (TPSA) is 93.4 Å². The molecule has 0 aliphatic carbocycles. The number of benzene rings is 1. The molecule has 1 amide bonds. The first-order valence-corrected chi connectivity index (χ1v) is 11.0. The number of nitrogens with zero attached hydrogens (tertiary/aromatic N) is 2. The van der Waals surface area contributed by atoms with E-state index >= 15 is 0 Å². The van der Waals surface area contributed by atoms with E-state index in [-0.39, 0.29) is 18.1 Å². The lowest BCUT2D eigenvalue weighted by atomic mass is 9.98. The summed E-state index contributed by atoms with van der Waals surface area (Å²) in [6.45, 7) is 7.67. The van der Waals surface area contributed by atoms with Gasteiger partial charge in [-0.25, -0.2) is 0 Å². The molecule has 2 aliphatic heterocycles. The number of pyridine rings is 1. The number of rotatable bonds is 8. The summed E-state index contributed by atoms with van der Waals surface area (Å²) in [4.78, 5) is 33.4. The van der Waals surface area contributed by atoms with Gasteiger partial charge in [0.1, 0.15) is 11.8 Å². The fourth-order valence-electron chi connectivity index (χ4n) is 4.26. The van der Waals surface area contributed by atoms with Gasteiger partial charge in [0, 0.05) is 24.7 Å². The SMILES string of the molecule is CC[NH+](CC)CCCN1C(=O)C(=O)/C(=C(\O)c2ccc3c(c2)OCO3)[C@@H]1c1ccccn1. The molecule has 0 bridgehead atoms. The van der Waals surface area contributed by atoms with E-state index in [0.717, 1.165) is 26.1 Å². The van der Waals surface area contributed by atoms with Gasteiger partial charge in [0.15, 0.2) is 11.5 Å². The number of ketones is 1. The summed E-state index contributed by atoms with van der Waals surface area (Å²) in [5, 5.41) is 11.1. The van der Waals surface area contributed by atoms with Crippen LogP contribution in [0.15, 0.2) is 48.2 Å². The molecular formula is C24H28N3O5+. The van der Waals surface area contributed by atoms with Crippen LogP contribution in [-0.2, 0) is 9.59 Å². The van der Waals surface area contributed by atoms with Crippen molar-refractivity contribution in [2.75, 3.05) is 33.0 Å². The molecule has 1 aromatic carbocycles. The number of aliphatic hydroxyl groups excluding tert-OH is 1. The van der Waals surface area contributed by atoms with Crippen LogP contribution in [0.3, 0.4) is 0 Å². The smallest absolute Gasteiger partial charge is 0.295 e. The Labute approximate surface area is 187 Å². The number of Topliss-reactive ketones (excluding diaryl/α,β-unsaturated/α-hetero) is 1. The molecule has 0 unspecified atom stereocenters. The third-order valence-electron chi connectivity index (χ3n) is 6.08. The van der Waals surface area contributed by atoms with Crippen LogP contribution in [0, 0.1) is 0 Å². The van der Waals surface area contributed by atoms with Crippen molar-refractivity contribution >= 4 is 17.4 Å². The van der Waals surface area contributed by atoms with E-state index < -0.39 is 17.7 Å². The maximum Gasteiger partial charge on any atom is 0.295 e. The van der Waals surface area contributed by atoms with Crippen LogP contribution in [0.1, 0.15) is 37.6 Å². The van der Waals surface area contributed by atoms with Crippen molar-refractivity contribution in [2.24, 2.45) is 0 Å². The first-order valence-electron chi connectivity index (χ1n) is 11.0. The Bertz CT molecular complexity index is 1030. The van der Waals surface area contributed by atoms with E-state index in [9.17, 15) is 14.7 Å². The van der Waals surface area contributed by atoms with Crippen LogP contribution in [0.2, 0.25) is 0 Å². The van der Waals surface area contributed by atoms with Crippen molar-refractivity contribution in [2.45, 2.75) is 26.3 Å². The summed E-state index contributed by atoms with van der Waals surface area (Å²) in [5.41, 5.74) is 0.979. The first kappa shape index (κ1) is 21.8. The van der Waals surface area contributed by atoms with Crippen LogP contribution in [0.4, 0.5) is 0 Å². The largest absolute Gasteiger partial charge is 0.507 e. The summed E-state index contributed by atoms with van der Waals surface area (Å²) in [7, 11) is 0. The molecule has 2 aliphatic rings. The van der Waals surface area contributed by atoms with Crippen LogP contribution in [0.5, 0.6) is 11.5 Å². The highest BCUT2D eigenvalue weighted by atomic mass is 16.7. The molecular weight excluding hydrogens is 410 g/mol. The van der Waals surface area contributed by atoms with Crippen molar-refractivity contribution < 1.29 is 29.1 Å². The summed E-state index contributed by atoms with van der Waals surface area (Å²) in [5.74, 6) is -0.500. The number of hydrogen-bond acceptors (Lipinski definition) is 6. The minimum absolute atomic E-state index is 0.0442. The van der Waals surface area contributed by atoms with Gasteiger partial charge in [0.05, 0.1) is 30.9 Å². The molecule has 0 radical (unpaired) electrons. The third kappa shape index (κ3) is 4.05. The number of amides is 1. The summed E-state index contributed by atoms with van der Waals surface area (Å²) >= 11 is 0. The van der Waals surface area contributed by atoms with Crippen LogP contribution < -0.4 is 14.4 Å². The number of hydrogen-bond donors (Lipinski definition) is 2. The lowest BCUT2D eigenvalue weighted by Crippen LogP contribution is -3.11. The molecule has 1 fully saturated rings. The first-order chi connectivity index (χ1) is 15.5. The molecule has 8 nitrogen and oxygen atoms in total. The van der Waals surface area contributed by atoms with Crippen LogP contribution in [-0.4, -0.2) is 59.7 Å². The Morgan fingerprint density at radius 1 is 1.16 bits per heavy atom. The van der Waals surface area contributed by atoms with Gasteiger partial charge in [0.2, 0.25) is 6.79 Å². The number of quaternary nitrogens is 1. The van der Waals surface area contributed by atoms with Gasteiger partial charge in [-0.05, 0) is 44.2 Å². The summed E-state index contributed by atoms with van der Waals surface area (Å²) < 4.78 is 10.7. The predicted molar refractivity (Wildman–Crippen MR) is 117 cm³/mol.